The molecule has 0 bridgehead atoms. The molecule has 0 unspecified atom stereocenters. The number of alkyl carbamates (subject to hydrolysis) is 1. The van der Waals surface area contributed by atoms with Crippen LogP contribution in [0.25, 0.3) is 0 Å². The molecule has 1 heterocycles. The second-order valence-corrected chi connectivity index (χ2v) is 5.08. The zero-order chi connectivity index (χ0) is 12.2. The Balaban J connectivity index is 2.18. The lowest BCUT2D eigenvalue weighted by atomic mass is 10.2. The largest absolute Gasteiger partial charge is 0.444 e. The van der Waals surface area contributed by atoms with Crippen molar-refractivity contribution in [2.75, 3.05) is 20.2 Å². The van der Waals surface area contributed by atoms with Crippen molar-refractivity contribution in [3.63, 3.8) is 0 Å². The second-order valence-electron chi connectivity index (χ2n) is 5.08. The van der Waals surface area contributed by atoms with Gasteiger partial charge in [0.15, 0.2) is 0 Å². The van der Waals surface area contributed by atoms with Crippen LogP contribution in [-0.2, 0) is 9.47 Å². The molecule has 0 aliphatic carbocycles. The third-order valence-corrected chi connectivity index (χ3v) is 2.41. The highest BCUT2D eigenvalue weighted by molar-refractivity contribution is 5.67. The summed E-state index contributed by atoms with van der Waals surface area (Å²) in [4.78, 5) is 11.4. The van der Waals surface area contributed by atoms with Crippen LogP contribution >= 0.6 is 0 Å². The molecule has 2 atom stereocenters. The van der Waals surface area contributed by atoms with Gasteiger partial charge in [0.25, 0.3) is 0 Å². The van der Waals surface area contributed by atoms with E-state index < -0.39 is 5.60 Å². The Kier molecular flexibility index (Phi) is 4.56. The summed E-state index contributed by atoms with van der Waals surface area (Å²) in [6.07, 6.45) is 0.812. The lowest BCUT2D eigenvalue weighted by Crippen LogP contribution is -2.39. The number of rotatable bonds is 3. The lowest BCUT2D eigenvalue weighted by Gasteiger charge is -2.20. The fraction of sp³-hybridized carbons (Fsp3) is 0.909. The van der Waals surface area contributed by atoms with Crippen LogP contribution in [0.2, 0.25) is 0 Å². The third kappa shape index (κ3) is 4.81. The molecule has 2 N–H and O–H groups in total. The van der Waals surface area contributed by atoms with Crippen molar-refractivity contribution in [1.82, 2.24) is 10.6 Å². The molecular formula is C11H22N2O3. The van der Waals surface area contributed by atoms with Crippen molar-refractivity contribution in [1.29, 1.82) is 0 Å². The van der Waals surface area contributed by atoms with Gasteiger partial charge in [-0.25, -0.2) is 4.79 Å². The van der Waals surface area contributed by atoms with Crippen molar-refractivity contribution in [2.24, 2.45) is 0 Å². The zero-order valence-corrected chi connectivity index (χ0v) is 10.5. The maximum atomic E-state index is 11.4. The molecule has 5 nitrogen and oxygen atoms in total. The van der Waals surface area contributed by atoms with Gasteiger partial charge in [-0.05, 0) is 27.2 Å². The SMILES string of the molecule is CO[C@@H]1CN[C@@H](CNC(=O)OC(C)(C)C)C1. The van der Waals surface area contributed by atoms with Crippen LogP contribution in [0.5, 0.6) is 0 Å². The Bertz CT molecular complexity index is 238. The van der Waals surface area contributed by atoms with Gasteiger partial charge >= 0.3 is 6.09 Å². The number of amides is 1. The molecule has 16 heavy (non-hydrogen) atoms. The van der Waals surface area contributed by atoms with Gasteiger partial charge < -0.3 is 20.1 Å². The van der Waals surface area contributed by atoms with Gasteiger partial charge in [-0.2, -0.15) is 0 Å². The Hall–Kier alpha value is -0.810. The molecule has 0 saturated carbocycles. The van der Waals surface area contributed by atoms with Crippen LogP contribution in [0.4, 0.5) is 4.79 Å². The maximum absolute atomic E-state index is 11.4. The van der Waals surface area contributed by atoms with E-state index in [-0.39, 0.29) is 18.2 Å². The standard InChI is InChI=1S/C11H22N2O3/c1-11(2,3)16-10(14)13-6-8-5-9(15-4)7-12-8/h8-9,12H,5-7H2,1-4H3,(H,13,14)/t8-,9+/m1/s1. The summed E-state index contributed by atoms with van der Waals surface area (Å²) in [7, 11) is 1.70. The van der Waals surface area contributed by atoms with Crippen LogP contribution in [0.3, 0.4) is 0 Å². The maximum Gasteiger partial charge on any atom is 0.407 e. The van der Waals surface area contributed by atoms with E-state index in [0.29, 0.717) is 6.54 Å². The molecule has 1 rings (SSSR count). The fourth-order valence-corrected chi connectivity index (χ4v) is 1.64. The van der Waals surface area contributed by atoms with Gasteiger partial charge in [0, 0.05) is 26.2 Å². The molecule has 1 saturated heterocycles. The van der Waals surface area contributed by atoms with E-state index in [2.05, 4.69) is 10.6 Å². The Morgan fingerprint density at radius 1 is 1.50 bits per heavy atom. The number of nitrogens with one attached hydrogen (secondary N) is 2. The number of carbonyl (C=O) groups is 1. The van der Waals surface area contributed by atoms with E-state index >= 15 is 0 Å². The summed E-state index contributed by atoms with van der Waals surface area (Å²) in [5.74, 6) is 0. The summed E-state index contributed by atoms with van der Waals surface area (Å²) in [5.41, 5.74) is -0.442. The van der Waals surface area contributed by atoms with Crippen LogP contribution in [0, 0.1) is 0 Å². The number of methoxy groups -OCH3 is 1. The normalized spacial score (nSPS) is 25.5. The predicted molar refractivity (Wildman–Crippen MR) is 61.4 cm³/mol. The average molecular weight is 230 g/mol. The van der Waals surface area contributed by atoms with Gasteiger partial charge in [-0.15, -0.1) is 0 Å². The van der Waals surface area contributed by atoms with Crippen molar-refractivity contribution in [3.8, 4) is 0 Å². The van der Waals surface area contributed by atoms with Crippen molar-refractivity contribution < 1.29 is 14.3 Å². The molecular weight excluding hydrogens is 208 g/mol. The molecule has 0 spiro atoms. The Morgan fingerprint density at radius 3 is 2.69 bits per heavy atom. The minimum Gasteiger partial charge on any atom is -0.444 e. The highest BCUT2D eigenvalue weighted by Gasteiger charge is 2.24. The lowest BCUT2D eigenvalue weighted by molar-refractivity contribution is 0.0521. The van der Waals surface area contributed by atoms with E-state index in [9.17, 15) is 4.79 Å². The number of hydrogen-bond acceptors (Lipinski definition) is 4. The summed E-state index contributed by atoms with van der Waals surface area (Å²) >= 11 is 0. The van der Waals surface area contributed by atoms with E-state index in [4.69, 9.17) is 9.47 Å². The Morgan fingerprint density at radius 2 is 2.19 bits per heavy atom. The first kappa shape index (κ1) is 13.3. The van der Waals surface area contributed by atoms with E-state index in [1.807, 2.05) is 20.8 Å². The van der Waals surface area contributed by atoms with Crippen molar-refractivity contribution in [2.45, 2.75) is 44.9 Å². The molecule has 94 valence electrons. The molecule has 5 heteroatoms. The molecule has 1 amide bonds. The smallest absolute Gasteiger partial charge is 0.407 e. The van der Waals surface area contributed by atoms with E-state index in [1.54, 1.807) is 7.11 Å². The molecule has 0 aromatic rings. The number of carbonyl (C=O) groups excluding carboxylic acids is 1. The first-order valence-corrected chi connectivity index (χ1v) is 5.64. The van der Waals surface area contributed by atoms with Crippen molar-refractivity contribution >= 4 is 6.09 Å². The van der Waals surface area contributed by atoms with Crippen LogP contribution in [-0.4, -0.2) is 44.0 Å². The number of hydrogen-bond donors (Lipinski definition) is 2. The van der Waals surface area contributed by atoms with E-state index in [0.717, 1.165) is 13.0 Å². The molecule has 0 radical (unpaired) electrons. The second kappa shape index (κ2) is 5.50. The molecule has 0 aromatic carbocycles. The minimum absolute atomic E-state index is 0.255. The summed E-state index contributed by atoms with van der Waals surface area (Å²) in [6.45, 7) is 6.97. The molecule has 1 fully saturated rings. The minimum atomic E-state index is -0.442. The molecule has 0 aromatic heterocycles. The summed E-state index contributed by atoms with van der Waals surface area (Å²) < 4.78 is 10.4. The van der Waals surface area contributed by atoms with Gasteiger partial charge in [-0.1, -0.05) is 0 Å². The topological polar surface area (TPSA) is 59.6 Å². The van der Waals surface area contributed by atoms with Crippen LogP contribution in [0.1, 0.15) is 27.2 Å². The highest BCUT2D eigenvalue weighted by atomic mass is 16.6. The third-order valence-electron chi connectivity index (χ3n) is 2.41. The molecule has 1 aliphatic heterocycles. The van der Waals surface area contributed by atoms with Crippen molar-refractivity contribution in [3.05, 3.63) is 0 Å². The monoisotopic (exact) mass is 230 g/mol. The van der Waals surface area contributed by atoms with E-state index in [1.165, 1.54) is 0 Å². The van der Waals surface area contributed by atoms with Gasteiger partial charge in [-0.3, -0.25) is 0 Å². The summed E-state index contributed by atoms with van der Waals surface area (Å²) in [6, 6.07) is 0.275. The van der Waals surface area contributed by atoms with Gasteiger partial charge in [0.05, 0.1) is 6.10 Å². The average Bonchev–Trinajstić information content (AvgIpc) is 2.59. The Labute approximate surface area is 96.9 Å². The fourth-order valence-electron chi connectivity index (χ4n) is 1.64. The first-order chi connectivity index (χ1) is 7.40. The van der Waals surface area contributed by atoms with Gasteiger partial charge in [0.2, 0.25) is 0 Å². The van der Waals surface area contributed by atoms with Crippen LogP contribution < -0.4 is 10.6 Å². The summed E-state index contributed by atoms with van der Waals surface area (Å²) in [5, 5.41) is 6.03. The predicted octanol–water partition coefficient (Wildman–Crippen LogP) is 0.888. The first-order valence-electron chi connectivity index (χ1n) is 5.64. The zero-order valence-electron chi connectivity index (χ0n) is 10.5. The van der Waals surface area contributed by atoms with Crippen LogP contribution in [0.15, 0.2) is 0 Å². The van der Waals surface area contributed by atoms with Gasteiger partial charge in [0.1, 0.15) is 5.60 Å². The molecule has 1 aliphatic rings. The number of ether oxygens (including phenoxy) is 2. The highest BCUT2D eigenvalue weighted by Crippen LogP contribution is 2.09. The quantitative estimate of drug-likeness (QED) is 0.756.